The number of allylic oxidation sites excluding steroid dienone is 1. The molecule has 1 aliphatic rings. The van der Waals surface area contributed by atoms with Gasteiger partial charge in [0.05, 0.1) is 32.3 Å². The van der Waals surface area contributed by atoms with Gasteiger partial charge < -0.3 is 19.7 Å². The molecule has 0 saturated heterocycles. The molecule has 0 saturated carbocycles. The predicted octanol–water partition coefficient (Wildman–Crippen LogP) is 8.33. The molecular weight excluding hydrogens is 673 g/mol. The van der Waals surface area contributed by atoms with Crippen LogP contribution in [-0.2, 0) is 20.7 Å². The van der Waals surface area contributed by atoms with Crippen molar-refractivity contribution in [1.82, 2.24) is 0 Å². The smallest absolute Gasteiger partial charge is 0.364 e. The first kappa shape index (κ1) is 37.5. The molecule has 0 unspecified atom stereocenters. The van der Waals surface area contributed by atoms with E-state index in [4.69, 9.17) is 19.7 Å². The Labute approximate surface area is 305 Å². The number of ketones is 1. The summed E-state index contributed by atoms with van der Waals surface area (Å²) in [6, 6.07) is 40.4. The molecule has 1 aliphatic carbocycles. The maximum atomic E-state index is 11.8. The van der Waals surface area contributed by atoms with Crippen LogP contribution in [0.4, 0.5) is 0 Å². The summed E-state index contributed by atoms with van der Waals surface area (Å²) in [5.41, 5.74) is 14.6. The van der Waals surface area contributed by atoms with Gasteiger partial charge in [-0.15, -0.1) is 0 Å². The number of rotatable bonds is 9. The number of carbonyl (C=O) groups excluding carboxylic acids is 1. The van der Waals surface area contributed by atoms with Gasteiger partial charge in [-0.25, -0.2) is 8.42 Å². The lowest BCUT2D eigenvalue weighted by Gasteiger charge is -2.33. The third-order valence-electron chi connectivity index (χ3n) is 9.78. The van der Waals surface area contributed by atoms with Crippen LogP contribution in [0.15, 0.2) is 127 Å². The van der Waals surface area contributed by atoms with Crippen molar-refractivity contribution in [2.75, 3.05) is 27.6 Å². The van der Waals surface area contributed by atoms with Crippen LogP contribution in [0.5, 0.6) is 17.2 Å². The number of benzene rings is 5. The normalized spacial score (nSPS) is 12.8. The largest absolute Gasteiger partial charge is 0.497 e. The summed E-state index contributed by atoms with van der Waals surface area (Å²) < 4.78 is 39.4. The highest BCUT2D eigenvalue weighted by molar-refractivity contribution is 8.00. The molecule has 266 valence electrons. The Balaban J connectivity index is 0.000000257. The quantitative estimate of drug-likeness (QED) is 0.0862. The maximum absolute atomic E-state index is 11.8. The molecule has 0 atom stereocenters. The van der Waals surface area contributed by atoms with E-state index in [9.17, 15) is 13.2 Å². The van der Waals surface area contributed by atoms with E-state index in [1.807, 2.05) is 36.4 Å². The molecule has 5 aromatic rings. The van der Waals surface area contributed by atoms with Crippen molar-refractivity contribution in [2.24, 2.45) is 0 Å². The van der Waals surface area contributed by atoms with Crippen LogP contribution in [0, 0.1) is 0 Å². The van der Waals surface area contributed by atoms with Gasteiger partial charge in [0.25, 0.3) is 5.78 Å². The lowest BCUT2D eigenvalue weighted by atomic mass is 9.70. The summed E-state index contributed by atoms with van der Waals surface area (Å²) in [6.45, 7) is 6.80. The van der Waals surface area contributed by atoms with Gasteiger partial charge in [0.2, 0.25) is 0 Å². The van der Waals surface area contributed by atoms with E-state index in [-0.39, 0.29) is 27.0 Å². The van der Waals surface area contributed by atoms with E-state index in [2.05, 4.69) is 86.2 Å². The fourth-order valence-electron chi connectivity index (χ4n) is 6.43. The minimum Gasteiger partial charge on any atom is -0.497 e. The molecule has 0 heterocycles. The van der Waals surface area contributed by atoms with Gasteiger partial charge in [-0.1, -0.05) is 98.8 Å². The van der Waals surface area contributed by atoms with Crippen molar-refractivity contribution in [1.29, 1.82) is 0 Å². The van der Waals surface area contributed by atoms with E-state index in [0.29, 0.717) is 5.56 Å². The summed E-state index contributed by atoms with van der Waals surface area (Å²) in [5.74, 6) is 2.08. The summed E-state index contributed by atoms with van der Waals surface area (Å²) in [6.07, 6.45) is 2.13. The van der Waals surface area contributed by atoms with E-state index < -0.39 is 15.6 Å². The number of Topliss-reactive ketones (excluding diaryl/α,β-unsaturated/α-hetero) is 1. The first-order valence-corrected chi connectivity index (χ1v) is 18.5. The number of carbonyl (C=O) groups is 1. The molecule has 0 bridgehead atoms. The lowest BCUT2D eigenvalue weighted by Crippen LogP contribution is -2.26. The molecule has 6 rings (SSSR count). The van der Waals surface area contributed by atoms with Gasteiger partial charge in [-0.3, -0.25) is 4.79 Å². The van der Waals surface area contributed by atoms with Gasteiger partial charge in [-0.2, -0.15) is 4.79 Å². The minimum atomic E-state index is -3.49. The van der Waals surface area contributed by atoms with Crippen molar-refractivity contribution in [3.63, 3.8) is 0 Å². The van der Waals surface area contributed by atoms with Gasteiger partial charge in [0, 0.05) is 28.2 Å². The second-order valence-corrected chi connectivity index (χ2v) is 15.1. The number of hydrogen-bond acceptors (Lipinski definition) is 6. The Morgan fingerprint density at radius 2 is 0.904 bits per heavy atom. The molecule has 0 amide bonds. The van der Waals surface area contributed by atoms with Gasteiger partial charge in [0.15, 0.2) is 9.84 Å². The van der Waals surface area contributed by atoms with E-state index >= 15 is 0 Å². The molecule has 52 heavy (non-hydrogen) atoms. The molecule has 0 aromatic heterocycles. The highest BCUT2D eigenvalue weighted by Crippen LogP contribution is 2.41. The fraction of sp³-hybridized carbons (Fsp3) is 0.209. The van der Waals surface area contributed by atoms with Crippen molar-refractivity contribution in [3.05, 3.63) is 172 Å². The Hall–Kier alpha value is -5.76. The second-order valence-electron chi connectivity index (χ2n) is 13.2. The van der Waals surface area contributed by atoms with Crippen LogP contribution in [0.1, 0.15) is 64.5 Å². The number of fused-ring (bicyclic) bond motifs is 1. The average molecular weight is 715 g/mol. The lowest BCUT2D eigenvalue weighted by molar-refractivity contribution is -0.00437. The first-order valence-electron chi connectivity index (χ1n) is 16.6. The standard InChI is InChI=1S/C32H34O3.C11H8N2O3S/c1-31(2,24-11-17-28(33-4)18-12-24)23-7-9-25(10-8-23)32(3,26-13-19-29(34-5)20-14-26)27-15-21-30(35-6)22-16-27;1-17(15,16)10-6-9(13-12)11(14)8-5-3-2-4-7(8)10/h7-22H,1-6H3;2-6H,1H3. The highest BCUT2D eigenvalue weighted by Gasteiger charge is 2.34. The first-order chi connectivity index (χ1) is 24.8. The van der Waals surface area contributed by atoms with Crippen LogP contribution < -0.4 is 14.2 Å². The summed E-state index contributed by atoms with van der Waals surface area (Å²) >= 11 is 0. The molecular formula is C43H42N2O6S. The number of nitrogens with zero attached hydrogens (tertiary/aromatic N) is 2. The van der Waals surface area contributed by atoms with E-state index in [1.54, 1.807) is 39.5 Å². The minimum absolute atomic E-state index is 0.0134. The number of ether oxygens (including phenoxy) is 3. The fourth-order valence-corrected chi connectivity index (χ4v) is 7.33. The zero-order valence-electron chi connectivity index (χ0n) is 30.4. The third kappa shape index (κ3) is 7.47. The zero-order valence-corrected chi connectivity index (χ0v) is 31.2. The molecule has 8 nitrogen and oxygen atoms in total. The maximum Gasteiger partial charge on any atom is 0.364 e. The van der Waals surface area contributed by atoms with Crippen molar-refractivity contribution in [2.45, 2.75) is 31.6 Å². The van der Waals surface area contributed by atoms with Gasteiger partial charge in [-0.05, 0) is 71.1 Å². The zero-order chi connectivity index (χ0) is 37.7. The second kappa shape index (κ2) is 15.2. The summed E-state index contributed by atoms with van der Waals surface area (Å²) in [5, 5.41) is 0. The predicted molar refractivity (Wildman–Crippen MR) is 205 cm³/mol. The molecule has 0 spiro atoms. The van der Waals surface area contributed by atoms with Gasteiger partial charge >= 0.3 is 5.71 Å². The number of hydrogen-bond donors (Lipinski definition) is 0. The monoisotopic (exact) mass is 714 g/mol. The van der Waals surface area contributed by atoms with Crippen LogP contribution in [0.25, 0.3) is 10.4 Å². The molecule has 0 aliphatic heterocycles. The Kier molecular flexibility index (Phi) is 11.0. The number of methoxy groups -OCH3 is 3. The van der Waals surface area contributed by atoms with Crippen LogP contribution >= 0.6 is 0 Å². The van der Waals surface area contributed by atoms with Gasteiger partial charge in [0.1, 0.15) is 17.2 Å². The SMILES string of the molecule is COc1ccc(C(C)(C)c2ccc(C(C)(c3ccc(OC)cc3)c3ccc(OC)cc3)cc2)cc1.CS(=O)(=O)C1=CC(=[N+]=[N-])C(=O)c2ccccc21. The summed E-state index contributed by atoms with van der Waals surface area (Å²) in [7, 11) is 1.60. The molecule has 9 heteroatoms. The average Bonchev–Trinajstić information content (AvgIpc) is 3.17. The van der Waals surface area contributed by atoms with Crippen LogP contribution in [0.3, 0.4) is 0 Å². The molecule has 5 aromatic carbocycles. The summed E-state index contributed by atoms with van der Waals surface area (Å²) in [4.78, 5) is 14.6. The van der Waals surface area contributed by atoms with E-state index in [1.165, 1.54) is 33.9 Å². The molecule has 0 fully saturated rings. The Bertz CT molecular complexity index is 2200. The van der Waals surface area contributed by atoms with Crippen molar-refractivity contribution >= 4 is 26.2 Å². The highest BCUT2D eigenvalue weighted by atomic mass is 32.2. The molecule has 0 radical (unpaired) electrons. The Morgan fingerprint density at radius 1 is 0.558 bits per heavy atom. The Morgan fingerprint density at radius 3 is 1.27 bits per heavy atom. The molecule has 0 N–H and O–H groups in total. The third-order valence-corrected chi connectivity index (χ3v) is 10.9. The van der Waals surface area contributed by atoms with E-state index in [0.717, 1.165) is 29.6 Å². The van der Waals surface area contributed by atoms with Crippen LogP contribution in [0.2, 0.25) is 0 Å². The number of sulfone groups is 1. The van der Waals surface area contributed by atoms with Crippen molar-refractivity contribution < 1.29 is 32.2 Å². The van der Waals surface area contributed by atoms with Crippen molar-refractivity contribution in [3.8, 4) is 17.2 Å². The van der Waals surface area contributed by atoms with Crippen LogP contribution in [-0.4, -0.2) is 52.3 Å². The topological polar surface area (TPSA) is 115 Å².